The summed E-state index contributed by atoms with van der Waals surface area (Å²) in [6, 6.07) is 10.7. The number of morpholine rings is 1. The summed E-state index contributed by atoms with van der Waals surface area (Å²) in [6.07, 6.45) is 5.56. The van der Waals surface area contributed by atoms with E-state index in [0.717, 1.165) is 18.9 Å². The van der Waals surface area contributed by atoms with E-state index < -0.39 is 0 Å². The van der Waals surface area contributed by atoms with Gasteiger partial charge in [-0.05, 0) is 44.6 Å². The maximum Gasteiger partial charge on any atom is 0.142 e. The van der Waals surface area contributed by atoms with Crippen LogP contribution in [0, 0.1) is 11.8 Å². The van der Waals surface area contributed by atoms with Crippen molar-refractivity contribution in [3.8, 4) is 0 Å². The molecule has 25 heavy (non-hydrogen) atoms. The zero-order valence-electron chi connectivity index (χ0n) is 16.2. The second kappa shape index (κ2) is 6.68. The van der Waals surface area contributed by atoms with Crippen LogP contribution in [0.1, 0.15) is 65.0 Å². The second-order valence-electron chi connectivity index (χ2n) is 8.89. The Morgan fingerprint density at radius 1 is 1.12 bits per heavy atom. The highest BCUT2D eigenvalue weighted by atomic mass is 16.6. The molecule has 0 amide bonds. The van der Waals surface area contributed by atoms with Gasteiger partial charge in [-0.2, -0.15) is 0 Å². The number of fused-ring (bicyclic) bond motifs is 2. The zero-order valence-corrected chi connectivity index (χ0v) is 16.2. The lowest BCUT2D eigenvalue weighted by Crippen LogP contribution is -2.69. The Bertz CT molecular complexity index is 587. The molecule has 2 aliphatic heterocycles. The largest absolute Gasteiger partial charge is 0.365 e. The van der Waals surface area contributed by atoms with E-state index in [4.69, 9.17) is 9.47 Å². The Morgan fingerprint density at radius 2 is 1.88 bits per heavy atom. The van der Waals surface area contributed by atoms with Gasteiger partial charge in [0.25, 0.3) is 0 Å². The summed E-state index contributed by atoms with van der Waals surface area (Å²) < 4.78 is 13.3. The summed E-state index contributed by atoms with van der Waals surface area (Å²) in [7, 11) is 0. The van der Waals surface area contributed by atoms with Crippen molar-refractivity contribution >= 4 is 0 Å². The lowest BCUT2D eigenvalue weighted by atomic mass is 9.69. The molecule has 4 rings (SSSR count). The smallest absolute Gasteiger partial charge is 0.142 e. The molecule has 1 aromatic carbocycles. The van der Waals surface area contributed by atoms with E-state index in [1.54, 1.807) is 0 Å². The molecule has 2 saturated heterocycles. The minimum absolute atomic E-state index is 0.0114. The van der Waals surface area contributed by atoms with Crippen molar-refractivity contribution in [3.05, 3.63) is 35.9 Å². The average molecular weight is 344 g/mol. The van der Waals surface area contributed by atoms with E-state index in [0.29, 0.717) is 12.0 Å². The van der Waals surface area contributed by atoms with Crippen LogP contribution in [0.3, 0.4) is 0 Å². The third kappa shape index (κ3) is 3.05. The molecule has 0 aromatic heterocycles. The molecule has 0 unspecified atom stereocenters. The molecular formula is C22H33NO2. The molecule has 3 nitrogen and oxygen atoms in total. The van der Waals surface area contributed by atoms with Crippen LogP contribution < -0.4 is 0 Å². The summed E-state index contributed by atoms with van der Waals surface area (Å²) in [5.74, 6) is 1.40. The Kier molecular flexibility index (Phi) is 4.68. The highest BCUT2D eigenvalue weighted by Crippen LogP contribution is 2.49. The van der Waals surface area contributed by atoms with E-state index in [1.165, 1.54) is 24.8 Å². The zero-order chi connectivity index (χ0) is 17.6. The van der Waals surface area contributed by atoms with Crippen LogP contribution >= 0.6 is 0 Å². The molecule has 138 valence electrons. The standard InChI is InChI=1S/C22H33NO2/c1-5-17-14-23-21(20(24-17)16-9-7-6-8-10-16)25-19-13-15(2)11-12-18(19)22(23,3)4/h6-10,15,17-21H,5,11-14H2,1-4H3/t15-,17-,18-,19-,20+,21+/m1/s1. The van der Waals surface area contributed by atoms with Crippen molar-refractivity contribution in [3.63, 3.8) is 0 Å². The van der Waals surface area contributed by atoms with E-state index in [9.17, 15) is 0 Å². The van der Waals surface area contributed by atoms with Crippen LogP contribution in [0.4, 0.5) is 0 Å². The molecule has 3 fully saturated rings. The molecule has 1 saturated carbocycles. The number of nitrogens with zero attached hydrogens (tertiary/aromatic N) is 1. The monoisotopic (exact) mass is 343 g/mol. The molecule has 6 atom stereocenters. The first kappa shape index (κ1) is 17.5. The Balaban J connectivity index is 1.69. The molecule has 3 heteroatoms. The number of ether oxygens (including phenoxy) is 2. The van der Waals surface area contributed by atoms with Gasteiger partial charge in [-0.15, -0.1) is 0 Å². The fourth-order valence-corrected chi connectivity index (χ4v) is 5.30. The van der Waals surface area contributed by atoms with Crippen LogP contribution in [-0.2, 0) is 9.47 Å². The van der Waals surface area contributed by atoms with Crippen LogP contribution in [0.5, 0.6) is 0 Å². The number of rotatable bonds is 2. The molecule has 0 spiro atoms. The minimum atomic E-state index is 0.0114. The van der Waals surface area contributed by atoms with E-state index >= 15 is 0 Å². The average Bonchev–Trinajstić information content (AvgIpc) is 2.61. The fraction of sp³-hybridized carbons (Fsp3) is 0.727. The Hall–Kier alpha value is -0.900. The van der Waals surface area contributed by atoms with Crippen molar-refractivity contribution < 1.29 is 9.47 Å². The third-order valence-corrected chi connectivity index (χ3v) is 6.90. The molecule has 0 radical (unpaired) electrons. The summed E-state index contributed by atoms with van der Waals surface area (Å²) in [5.41, 5.74) is 1.41. The first-order chi connectivity index (χ1) is 12.0. The van der Waals surface area contributed by atoms with Gasteiger partial charge in [0, 0.05) is 18.0 Å². The summed E-state index contributed by atoms with van der Waals surface area (Å²) in [4.78, 5) is 2.62. The van der Waals surface area contributed by atoms with Gasteiger partial charge < -0.3 is 9.47 Å². The lowest BCUT2D eigenvalue weighted by molar-refractivity contribution is -0.305. The van der Waals surface area contributed by atoms with E-state index in [-0.39, 0.29) is 24.0 Å². The molecule has 3 aliphatic rings. The van der Waals surface area contributed by atoms with Crippen LogP contribution in [0.15, 0.2) is 30.3 Å². The first-order valence-electron chi connectivity index (χ1n) is 10.1. The van der Waals surface area contributed by atoms with Gasteiger partial charge >= 0.3 is 0 Å². The van der Waals surface area contributed by atoms with Crippen molar-refractivity contribution in [1.82, 2.24) is 4.90 Å². The summed E-state index contributed by atoms with van der Waals surface area (Å²) >= 11 is 0. The van der Waals surface area contributed by atoms with Gasteiger partial charge in [0.2, 0.25) is 0 Å². The summed E-state index contributed by atoms with van der Waals surface area (Å²) in [5, 5.41) is 0. The van der Waals surface area contributed by atoms with Crippen LogP contribution in [0.25, 0.3) is 0 Å². The maximum atomic E-state index is 6.76. The lowest BCUT2D eigenvalue weighted by Gasteiger charge is -2.61. The topological polar surface area (TPSA) is 21.7 Å². The molecule has 1 aliphatic carbocycles. The van der Waals surface area contributed by atoms with Crippen LogP contribution in [-0.4, -0.2) is 35.4 Å². The molecule has 0 N–H and O–H groups in total. The maximum absolute atomic E-state index is 6.76. The van der Waals surface area contributed by atoms with Crippen molar-refractivity contribution in [2.45, 2.75) is 83.5 Å². The quantitative estimate of drug-likeness (QED) is 0.771. The number of hydrogen-bond donors (Lipinski definition) is 0. The van der Waals surface area contributed by atoms with Crippen molar-refractivity contribution in [1.29, 1.82) is 0 Å². The number of hydrogen-bond acceptors (Lipinski definition) is 3. The second-order valence-corrected chi connectivity index (χ2v) is 8.89. The van der Waals surface area contributed by atoms with Crippen molar-refractivity contribution in [2.75, 3.05) is 6.54 Å². The first-order valence-corrected chi connectivity index (χ1v) is 10.1. The fourth-order valence-electron chi connectivity index (χ4n) is 5.30. The Morgan fingerprint density at radius 3 is 2.60 bits per heavy atom. The van der Waals surface area contributed by atoms with Gasteiger partial charge in [0.15, 0.2) is 0 Å². The molecular weight excluding hydrogens is 310 g/mol. The predicted octanol–water partition coefficient (Wildman–Crippen LogP) is 4.78. The molecule has 2 heterocycles. The number of benzene rings is 1. The highest BCUT2D eigenvalue weighted by molar-refractivity contribution is 5.20. The highest BCUT2D eigenvalue weighted by Gasteiger charge is 2.55. The van der Waals surface area contributed by atoms with Gasteiger partial charge in [0.05, 0.1) is 12.2 Å². The third-order valence-electron chi connectivity index (χ3n) is 6.90. The normalized spacial score (nSPS) is 41.0. The SMILES string of the molecule is CC[C@@H]1CN2[C@@H](O[C@@H]3C[C@H](C)CC[C@H]3C2(C)C)[C@H](c2ccccc2)O1. The van der Waals surface area contributed by atoms with Gasteiger partial charge in [0.1, 0.15) is 12.3 Å². The van der Waals surface area contributed by atoms with Crippen molar-refractivity contribution in [2.24, 2.45) is 11.8 Å². The molecule has 0 bridgehead atoms. The van der Waals surface area contributed by atoms with E-state index in [2.05, 4.69) is 62.9 Å². The van der Waals surface area contributed by atoms with Gasteiger partial charge in [-0.25, -0.2) is 0 Å². The van der Waals surface area contributed by atoms with Gasteiger partial charge in [-0.3, -0.25) is 4.90 Å². The van der Waals surface area contributed by atoms with E-state index in [1.807, 2.05) is 0 Å². The predicted molar refractivity (Wildman–Crippen MR) is 100 cm³/mol. The van der Waals surface area contributed by atoms with Crippen LogP contribution in [0.2, 0.25) is 0 Å². The summed E-state index contributed by atoms with van der Waals surface area (Å²) in [6.45, 7) is 10.5. The molecule has 1 aromatic rings. The Labute approximate surface area is 152 Å². The van der Waals surface area contributed by atoms with Gasteiger partial charge in [-0.1, -0.05) is 50.6 Å². The minimum Gasteiger partial charge on any atom is -0.365 e.